The van der Waals surface area contributed by atoms with Crippen LogP contribution in [0.5, 0.6) is 0 Å². The summed E-state index contributed by atoms with van der Waals surface area (Å²) in [6.07, 6.45) is 7.12. The van der Waals surface area contributed by atoms with Gasteiger partial charge in [0.15, 0.2) is 0 Å². The molecule has 0 aliphatic heterocycles. The van der Waals surface area contributed by atoms with Crippen LogP contribution in [0, 0.1) is 5.92 Å². The Morgan fingerprint density at radius 3 is 2.67 bits per heavy atom. The Hall–Kier alpha value is -0.0800. The number of likely N-dealkylation sites (N-methyl/N-ethyl adjacent to an activating group) is 1. The van der Waals surface area contributed by atoms with E-state index in [1.807, 2.05) is 0 Å². The minimum Gasteiger partial charge on any atom is -0.391 e. The smallest absolute Gasteiger partial charge is 0.0695 e. The lowest BCUT2D eigenvalue weighted by atomic mass is 9.84. The van der Waals surface area contributed by atoms with Gasteiger partial charge in [-0.05, 0) is 45.2 Å². The van der Waals surface area contributed by atoms with E-state index in [-0.39, 0.29) is 6.10 Å². The molecule has 0 spiro atoms. The molecule has 3 unspecified atom stereocenters. The van der Waals surface area contributed by atoms with Crippen LogP contribution >= 0.6 is 0 Å². The topological polar surface area (TPSA) is 23.5 Å². The van der Waals surface area contributed by atoms with Crippen molar-refractivity contribution in [3.63, 3.8) is 0 Å². The normalized spacial score (nSPS) is 32.2. The number of aliphatic hydroxyl groups is 1. The monoisotopic (exact) mass is 213 g/mol. The van der Waals surface area contributed by atoms with Crippen LogP contribution in [0.25, 0.3) is 0 Å². The average molecular weight is 213 g/mol. The van der Waals surface area contributed by atoms with Crippen molar-refractivity contribution < 1.29 is 5.11 Å². The summed E-state index contributed by atoms with van der Waals surface area (Å²) >= 11 is 0. The Bertz CT molecular complexity index is 172. The van der Waals surface area contributed by atoms with Gasteiger partial charge in [0, 0.05) is 6.04 Å². The largest absolute Gasteiger partial charge is 0.391 e. The summed E-state index contributed by atoms with van der Waals surface area (Å²) in [5, 5.41) is 9.97. The van der Waals surface area contributed by atoms with Gasteiger partial charge < -0.3 is 10.0 Å². The average Bonchev–Trinajstić information content (AvgIpc) is 2.22. The van der Waals surface area contributed by atoms with Crippen molar-refractivity contribution in [2.45, 2.75) is 64.5 Å². The molecule has 1 N–H and O–H groups in total. The Kier molecular flexibility index (Phi) is 5.62. The Morgan fingerprint density at radius 2 is 2.00 bits per heavy atom. The number of rotatable bonds is 5. The van der Waals surface area contributed by atoms with E-state index in [1.165, 1.54) is 32.1 Å². The van der Waals surface area contributed by atoms with Crippen LogP contribution in [0.15, 0.2) is 0 Å². The van der Waals surface area contributed by atoms with Crippen molar-refractivity contribution in [3.05, 3.63) is 0 Å². The van der Waals surface area contributed by atoms with Gasteiger partial charge in [0.05, 0.1) is 6.10 Å². The van der Waals surface area contributed by atoms with E-state index in [1.54, 1.807) is 0 Å². The fourth-order valence-electron chi connectivity index (χ4n) is 2.59. The van der Waals surface area contributed by atoms with Crippen molar-refractivity contribution in [1.82, 2.24) is 4.90 Å². The third-order valence-corrected chi connectivity index (χ3v) is 3.72. The van der Waals surface area contributed by atoms with E-state index in [9.17, 15) is 5.11 Å². The zero-order valence-corrected chi connectivity index (χ0v) is 10.6. The summed E-state index contributed by atoms with van der Waals surface area (Å²) in [6.45, 7) is 5.68. The summed E-state index contributed by atoms with van der Waals surface area (Å²) in [7, 11) is 2.17. The van der Waals surface area contributed by atoms with Gasteiger partial charge in [-0.3, -0.25) is 0 Å². The van der Waals surface area contributed by atoms with Crippen LogP contribution in [0.1, 0.15) is 52.4 Å². The van der Waals surface area contributed by atoms with E-state index in [0.29, 0.717) is 6.04 Å². The Balaban J connectivity index is 2.32. The molecular formula is C13H27NO. The molecule has 15 heavy (non-hydrogen) atoms. The molecule has 0 radical (unpaired) electrons. The zero-order valence-electron chi connectivity index (χ0n) is 10.6. The molecule has 90 valence electrons. The molecule has 2 nitrogen and oxygen atoms in total. The first-order valence-electron chi connectivity index (χ1n) is 6.53. The lowest BCUT2D eigenvalue weighted by Crippen LogP contribution is -2.45. The molecule has 0 amide bonds. The van der Waals surface area contributed by atoms with Crippen LogP contribution in [-0.2, 0) is 0 Å². The molecule has 0 aromatic rings. The van der Waals surface area contributed by atoms with Crippen molar-refractivity contribution in [2.75, 3.05) is 13.6 Å². The van der Waals surface area contributed by atoms with E-state index in [0.717, 1.165) is 18.9 Å². The van der Waals surface area contributed by atoms with Gasteiger partial charge in [0.2, 0.25) is 0 Å². The number of aliphatic hydroxyl groups excluding tert-OH is 1. The SMILES string of the molecule is CCCCCN(C)C1CC(C)CCC1O. The van der Waals surface area contributed by atoms with E-state index in [4.69, 9.17) is 0 Å². The van der Waals surface area contributed by atoms with Gasteiger partial charge in [-0.25, -0.2) is 0 Å². The van der Waals surface area contributed by atoms with E-state index >= 15 is 0 Å². The van der Waals surface area contributed by atoms with Crippen LogP contribution < -0.4 is 0 Å². The van der Waals surface area contributed by atoms with E-state index in [2.05, 4.69) is 25.8 Å². The lowest BCUT2D eigenvalue weighted by molar-refractivity contribution is 0.0166. The zero-order chi connectivity index (χ0) is 11.3. The van der Waals surface area contributed by atoms with E-state index < -0.39 is 0 Å². The first-order valence-corrected chi connectivity index (χ1v) is 6.53. The van der Waals surface area contributed by atoms with Gasteiger partial charge >= 0.3 is 0 Å². The van der Waals surface area contributed by atoms with Crippen molar-refractivity contribution in [2.24, 2.45) is 5.92 Å². The highest BCUT2D eigenvalue weighted by Crippen LogP contribution is 2.27. The van der Waals surface area contributed by atoms with Gasteiger partial charge in [0.1, 0.15) is 0 Å². The number of unbranched alkanes of at least 4 members (excludes halogenated alkanes) is 2. The first kappa shape index (κ1) is 13.0. The van der Waals surface area contributed by atoms with Crippen LogP contribution in [0.3, 0.4) is 0 Å². The number of hydrogen-bond donors (Lipinski definition) is 1. The second kappa shape index (κ2) is 6.49. The Morgan fingerprint density at radius 1 is 1.27 bits per heavy atom. The highest BCUT2D eigenvalue weighted by Gasteiger charge is 2.29. The maximum atomic E-state index is 9.97. The maximum Gasteiger partial charge on any atom is 0.0695 e. The molecule has 0 saturated heterocycles. The number of hydrogen-bond acceptors (Lipinski definition) is 2. The summed E-state index contributed by atoms with van der Waals surface area (Å²) < 4.78 is 0. The minimum absolute atomic E-state index is 0.0900. The summed E-state index contributed by atoms with van der Waals surface area (Å²) in [6, 6.07) is 0.408. The second-order valence-corrected chi connectivity index (χ2v) is 5.24. The maximum absolute atomic E-state index is 9.97. The summed E-state index contributed by atoms with van der Waals surface area (Å²) in [5.74, 6) is 0.784. The molecule has 0 heterocycles. The molecule has 1 saturated carbocycles. The fraction of sp³-hybridized carbons (Fsp3) is 1.00. The predicted molar refractivity (Wildman–Crippen MR) is 65.0 cm³/mol. The molecule has 2 heteroatoms. The van der Waals surface area contributed by atoms with Crippen molar-refractivity contribution in [3.8, 4) is 0 Å². The summed E-state index contributed by atoms with van der Waals surface area (Å²) in [5.41, 5.74) is 0. The Labute approximate surface area is 94.7 Å². The fourth-order valence-corrected chi connectivity index (χ4v) is 2.59. The lowest BCUT2D eigenvalue weighted by Gasteiger charge is -2.37. The molecule has 0 aromatic heterocycles. The highest BCUT2D eigenvalue weighted by molar-refractivity contribution is 4.84. The minimum atomic E-state index is -0.0900. The predicted octanol–water partition coefficient (Wildman–Crippen LogP) is 2.66. The molecular weight excluding hydrogens is 186 g/mol. The van der Waals surface area contributed by atoms with Crippen molar-refractivity contribution in [1.29, 1.82) is 0 Å². The third-order valence-electron chi connectivity index (χ3n) is 3.72. The molecule has 1 aliphatic carbocycles. The van der Waals surface area contributed by atoms with Gasteiger partial charge in [-0.1, -0.05) is 26.7 Å². The molecule has 0 aromatic carbocycles. The van der Waals surface area contributed by atoms with Crippen LogP contribution in [0.4, 0.5) is 0 Å². The van der Waals surface area contributed by atoms with Gasteiger partial charge in [0.25, 0.3) is 0 Å². The molecule has 1 aliphatic rings. The highest BCUT2D eigenvalue weighted by atomic mass is 16.3. The van der Waals surface area contributed by atoms with Crippen LogP contribution in [-0.4, -0.2) is 35.7 Å². The molecule has 3 atom stereocenters. The third kappa shape index (κ3) is 4.12. The standard InChI is InChI=1S/C13H27NO/c1-4-5-6-9-14(3)12-10-11(2)7-8-13(12)15/h11-13,15H,4-10H2,1-3H3. The quantitative estimate of drug-likeness (QED) is 0.710. The molecule has 0 bridgehead atoms. The first-order chi connectivity index (χ1) is 7.15. The molecule has 1 rings (SSSR count). The number of nitrogens with zero attached hydrogens (tertiary/aromatic N) is 1. The second-order valence-electron chi connectivity index (χ2n) is 5.24. The van der Waals surface area contributed by atoms with Crippen molar-refractivity contribution >= 4 is 0 Å². The van der Waals surface area contributed by atoms with Crippen LogP contribution in [0.2, 0.25) is 0 Å². The summed E-state index contributed by atoms with van der Waals surface area (Å²) in [4.78, 5) is 2.37. The van der Waals surface area contributed by atoms with Gasteiger partial charge in [-0.2, -0.15) is 0 Å². The van der Waals surface area contributed by atoms with Gasteiger partial charge in [-0.15, -0.1) is 0 Å². The molecule has 1 fully saturated rings.